The van der Waals surface area contributed by atoms with Crippen molar-refractivity contribution in [2.45, 2.75) is 45.6 Å². The summed E-state index contributed by atoms with van der Waals surface area (Å²) in [7, 11) is 0. The average molecular weight is 212 g/mol. The van der Waals surface area contributed by atoms with E-state index in [4.69, 9.17) is 0 Å². The van der Waals surface area contributed by atoms with Crippen molar-refractivity contribution in [2.24, 2.45) is 5.41 Å². The van der Waals surface area contributed by atoms with Gasteiger partial charge in [-0.2, -0.15) is 11.8 Å². The highest BCUT2D eigenvalue weighted by molar-refractivity contribution is 7.99. The lowest BCUT2D eigenvalue weighted by molar-refractivity contribution is -0.0571. The highest BCUT2D eigenvalue weighted by Gasteiger charge is 2.44. The van der Waals surface area contributed by atoms with Gasteiger partial charge in [0.15, 0.2) is 0 Å². The van der Waals surface area contributed by atoms with Crippen LogP contribution >= 0.6 is 11.8 Å². The van der Waals surface area contributed by atoms with Gasteiger partial charge in [-0.1, -0.05) is 13.8 Å². The van der Waals surface area contributed by atoms with Crippen molar-refractivity contribution in [1.82, 2.24) is 0 Å². The Labute approximate surface area is 91.7 Å². The van der Waals surface area contributed by atoms with Gasteiger partial charge in [-0.25, -0.2) is 0 Å². The quantitative estimate of drug-likeness (QED) is 0.710. The van der Waals surface area contributed by atoms with E-state index in [-0.39, 0.29) is 5.41 Å². The lowest BCUT2D eigenvalue weighted by Crippen LogP contribution is -2.49. The Morgan fingerprint density at radius 3 is 2.71 bits per heavy atom. The smallest absolute Gasteiger partial charge is 0.0797 e. The molecule has 0 aromatic carbocycles. The molecule has 0 aromatic rings. The highest BCUT2D eigenvalue weighted by Crippen LogP contribution is 2.44. The summed E-state index contributed by atoms with van der Waals surface area (Å²) >= 11 is 1.86. The minimum atomic E-state index is -0.514. The molecule has 1 saturated heterocycles. The molecule has 1 N–H and O–H groups in total. The molecule has 1 fully saturated rings. The molecule has 2 heteroatoms. The zero-order valence-corrected chi connectivity index (χ0v) is 10.2. The fourth-order valence-electron chi connectivity index (χ4n) is 1.80. The van der Waals surface area contributed by atoms with Crippen LogP contribution in [-0.2, 0) is 0 Å². The van der Waals surface area contributed by atoms with E-state index in [2.05, 4.69) is 25.7 Å². The van der Waals surface area contributed by atoms with E-state index in [0.29, 0.717) is 0 Å². The monoisotopic (exact) mass is 212 g/mol. The number of aliphatic hydroxyl groups is 1. The van der Waals surface area contributed by atoms with Crippen molar-refractivity contribution in [1.29, 1.82) is 0 Å². The van der Waals surface area contributed by atoms with Crippen molar-refractivity contribution in [3.63, 3.8) is 0 Å². The number of hydrogen-bond donors (Lipinski definition) is 1. The molecule has 0 spiro atoms. The van der Waals surface area contributed by atoms with E-state index >= 15 is 0 Å². The summed E-state index contributed by atoms with van der Waals surface area (Å²) in [6, 6.07) is 0. The Morgan fingerprint density at radius 1 is 1.43 bits per heavy atom. The first kappa shape index (κ1) is 11.9. The van der Waals surface area contributed by atoms with Gasteiger partial charge in [0.05, 0.1) is 5.60 Å². The lowest BCUT2D eigenvalue weighted by atomic mass is 9.71. The van der Waals surface area contributed by atoms with Crippen molar-refractivity contribution in [3.8, 4) is 11.8 Å². The zero-order chi connectivity index (χ0) is 10.7. The Hall–Kier alpha value is -0.130. The van der Waals surface area contributed by atoms with E-state index in [0.717, 1.165) is 25.0 Å². The molecule has 1 atom stereocenters. The predicted octanol–water partition coefficient (Wildman–Crippen LogP) is 2.68. The molecule has 0 aromatic heterocycles. The molecule has 1 unspecified atom stereocenters. The van der Waals surface area contributed by atoms with Crippen LogP contribution in [0.3, 0.4) is 0 Å². The summed E-state index contributed by atoms with van der Waals surface area (Å²) in [6.07, 6.45) is 2.73. The van der Waals surface area contributed by atoms with Gasteiger partial charge >= 0.3 is 0 Å². The van der Waals surface area contributed by atoms with E-state index in [1.54, 1.807) is 0 Å². The standard InChI is InChI=1S/C12H20OS/c1-4-5-6-7-12(13)10-14-9-8-11(12,2)3/h13H,6-10H2,1-3H3. The number of thioether (sulfide) groups is 1. The highest BCUT2D eigenvalue weighted by atomic mass is 32.2. The fourth-order valence-corrected chi connectivity index (χ4v) is 3.47. The second kappa shape index (κ2) is 4.59. The molecule has 1 rings (SSSR count). The number of rotatable bonds is 2. The van der Waals surface area contributed by atoms with Crippen molar-refractivity contribution in [3.05, 3.63) is 0 Å². The first-order valence-electron chi connectivity index (χ1n) is 5.22. The SMILES string of the molecule is CC#CCCC1(O)CSCCC1(C)C. The summed E-state index contributed by atoms with van der Waals surface area (Å²) in [5.41, 5.74) is -0.465. The maximum atomic E-state index is 10.5. The lowest BCUT2D eigenvalue weighted by Gasteiger charge is -2.46. The molecule has 0 amide bonds. The minimum absolute atomic E-state index is 0.0493. The largest absolute Gasteiger partial charge is 0.388 e. The van der Waals surface area contributed by atoms with Crippen LogP contribution in [0.5, 0.6) is 0 Å². The summed E-state index contributed by atoms with van der Waals surface area (Å²) < 4.78 is 0. The molecule has 14 heavy (non-hydrogen) atoms. The first-order chi connectivity index (χ1) is 6.52. The van der Waals surface area contributed by atoms with Crippen LogP contribution in [0.1, 0.15) is 40.0 Å². The van der Waals surface area contributed by atoms with Gasteiger partial charge in [0, 0.05) is 12.2 Å². The van der Waals surface area contributed by atoms with Gasteiger partial charge in [-0.15, -0.1) is 11.8 Å². The van der Waals surface area contributed by atoms with Gasteiger partial charge in [0.25, 0.3) is 0 Å². The zero-order valence-electron chi connectivity index (χ0n) is 9.39. The molecule has 0 radical (unpaired) electrons. The topological polar surface area (TPSA) is 20.2 Å². The first-order valence-corrected chi connectivity index (χ1v) is 6.37. The van der Waals surface area contributed by atoms with Crippen LogP contribution in [0.2, 0.25) is 0 Å². The van der Waals surface area contributed by atoms with Gasteiger partial charge in [0.1, 0.15) is 0 Å². The summed E-state index contributed by atoms with van der Waals surface area (Å²) in [4.78, 5) is 0. The van der Waals surface area contributed by atoms with Crippen LogP contribution in [0, 0.1) is 17.3 Å². The van der Waals surface area contributed by atoms with Crippen molar-refractivity contribution < 1.29 is 5.11 Å². The Kier molecular flexibility index (Phi) is 3.92. The molecule has 1 heterocycles. The number of hydrogen-bond acceptors (Lipinski definition) is 2. The van der Waals surface area contributed by atoms with Crippen LogP contribution in [0.15, 0.2) is 0 Å². The summed E-state index contributed by atoms with van der Waals surface area (Å²) in [5, 5.41) is 10.5. The molecule has 1 aliphatic heterocycles. The molecule has 0 aliphatic carbocycles. The van der Waals surface area contributed by atoms with Crippen LogP contribution in [0.4, 0.5) is 0 Å². The Morgan fingerprint density at radius 2 is 2.14 bits per heavy atom. The second-order valence-corrected chi connectivity index (χ2v) is 5.75. The van der Waals surface area contributed by atoms with E-state index in [9.17, 15) is 5.11 Å². The summed E-state index contributed by atoms with van der Waals surface area (Å²) in [5.74, 6) is 7.97. The molecule has 1 nitrogen and oxygen atoms in total. The molecule has 0 saturated carbocycles. The van der Waals surface area contributed by atoms with Gasteiger partial charge in [-0.05, 0) is 30.9 Å². The van der Waals surface area contributed by atoms with Gasteiger partial charge in [-0.3, -0.25) is 0 Å². The maximum Gasteiger partial charge on any atom is 0.0797 e. The van der Waals surface area contributed by atoms with E-state index in [1.165, 1.54) is 5.75 Å². The third-order valence-electron chi connectivity index (χ3n) is 3.31. The van der Waals surface area contributed by atoms with Crippen LogP contribution < -0.4 is 0 Å². The van der Waals surface area contributed by atoms with E-state index in [1.807, 2.05) is 18.7 Å². The average Bonchev–Trinajstić information content (AvgIpc) is 2.11. The molecular formula is C12H20OS. The van der Waals surface area contributed by atoms with Crippen molar-refractivity contribution >= 4 is 11.8 Å². The molecule has 80 valence electrons. The van der Waals surface area contributed by atoms with Gasteiger partial charge in [0.2, 0.25) is 0 Å². The van der Waals surface area contributed by atoms with E-state index < -0.39 is 5.60 Å². The van der Waals surface area contributed by atoms with Crippen molar-refractivity contribution in [2.75, 3.05) is 11.5 Å². The Bertz CT molecular complexity index is 249. The molecular weight excluding hydrogens is 192 g/mol. The van der Waals surface area contributed by atoms with Crippen LogP contribution in [0.25, 0.3) is 0 Å². The third-order valence-corrected chi connectivity index (χ3v) is 4.49. The summed E-state index contributed by atoms with van der Waals surface area (Å²) in [6.45, 7) is 6.20. The fraction of sp³-hybridized carbons (Fsp3) is 0.833. The predicted molar refractivity (Wildman–Crippen MR) is 63.4 cm³/mol. The third kappa shape index (κ3) is 2.46. The second-order valence-electron chi connectivity index (χ2n) is 4.64. The van der Waals surface area contributed by atoms with Gasteiger partial charge < -0.3 is 5.11 Å². The normalized spacial score (nSPS) is 30.6. The molecule has 1 aliphatic rings. The maximum absolute atomic E-state index is 10.5. The minimum Gasteiger partial charge on any atom is -0.388 e. The van der Waals surface area contributed by atoms with Crippen LogP contribution in [-0.4, -0.2) is 22.2 Å². The Balaban J connectivity index is 2.62. The molecule has 0 bridgehead atoms.